The van der Waals surface area contributed by atoms with Gasteiger partial charge in [-0.15, -0.1) is 0 Å². The lowest BCUT2D eigenvalue weighted by Crippen LogP contribution is -2.32. The number of urea groups is 1. The van der Waals surface area contributed by atoms with E-state index >= 15 is 0 Å². The molecule has 0 aliphatic rings. The lowest BCUT2D eigenvalue weighted by molar-refractivity contribution is 0.229. The van der Waals surface area contributed by atoms with Crippen LogP contribution in [0.15, 0.2) is 48.7 Å². The van der Waals surface area contributed by atoms with Gasteiger partial charge in [-0.25, -0.2) is 4.79 Å². The Hall–Kier alpha value is -3.22. The predicted molar refractivity (Wildman–Crippen MR) is 91.4 cm³/mol. The van der Waals surface area contributed by atoms with E-state index in [9.17, 15) is 4.79 Å². The summed E-state index contributed by atoms with van der Waals surface area (Å²) in [5.74, 6) is 1.23. The van der Waals surface area contributed by atoms with Crippen LogP contribution in [0.25, 0.3) is 10.9 Å². The van der Waals surface area contributed by atoms with Crippen LogP contribution < -0.4 is 20.1 Å². The zero-order valence-corrected chi connectivity index (χ0v) is 13.2. The van der Waals surface area contributed by atoms with Crippen LogP contribution in [-0.4, -0.2) is 29.6 Å². The molecule has 0 aliphatic carbocycles. The molecule has 24 heavy (non-hydrogen) atoms. The summed E-state index contributed by atoms with van der Waals surface area (Å²) < 4.78 is 11.0. The van der Waals surface area contributed by atoms with E-state index in [2.05, 4.69) is 20.8 Å². The number of hydrogen-bond donors (Lipinski definition) is 3. The number of para-hydroxylation sites is 2. The second-order valence-corrected chi connectivity index (χ2v) is 4.97. The highest BCUT2D eigenvalue weighted by atomic mass is 16.5. The van der Waals surface area contributed by atoms with Gasteiger partial charge in [0.05, 0.1) is 18.3 Å². The average Bonchev–Trinajstić information content (AvgIpc) is 3.04. The topological polar surface area (TPSA) is 88.3 Å². The van der Waals surface area contributed by atoms with E-state index in [0.29, 0.717) is 23.8 Å². The van der Waals surface area contributed by atoms with Crippen molar-refractivity contribution in [1.82, 2.24) is 15.5 Å². The number of fused-ring (bicyclic) bond motifs is 1. The molecule has 7 nitrogen and oxygen atoms in total. The maximum atomic E-state index is 11.9. The summed E-state index contributed by atoms with van der Waals surface area (Å²) >= 11 is 0. The number of anilines is 1. The van der Waals surface area contributed by atoms with E-state index in [0.717, 1.165) is 10.9 Å². The summed E-state index contributed by atoms with van der Waals surface area (Å²) in [4.78, 5) is 11.9. The summed E-state index contributed by atoms with van der Waals surface area (Å²) in [7, 11) is 0. The number of ether oxygens (including phenoxy) is 2. The number of nitrogens with one attached hydrogen (secondary N) is 3. The number of aromatic amines is 1. The van der Waals surface area contributed by atoms with Crippen LogP contribution >= 0.6 is 0 Å². The van der Waals surface area contributed by atoms with Crippen molar-refractivity contribution in [1.29, 1.82) is 0 Å². The van der Waals surface area contributed by atoms with E-state index in [1.807, 2.05) is 43.3 Å². The van der Waals surface area contributed by atoms with Crippen LogP contribution in [0.2, 0.25) is 0 Å². The molecule has 1 heterocycles. The standard InChI is InChI=1S/C17H18N4O3/c1-2-23-15-5-3-4-6-16(15)24-11-18-17(22)20-13-8-7-12-10-19-21-14(12)9-13/h3-10H,2,11H2,1H3,(H,19,21)(H2,18,20,22). The number of benzene rings is 2. The zero-order chi connectivity index (χ0) is 16.8. The second-order valence-electron chi connectivity index (χ2n) is 4.97. The van der Waals surface area contributed by atoms with Gasteiger partial charge in [0.2, 0.25) is 0 Å². The van der Waals surface area contributed by atoms with Crippen LogP contribution in [-0.2, 0) is 0 Å². The zero-order valence-electron chi connectivity index (χ0n) is 13.2. The van der Waals surface area contributed by atoms with E-state index in [4.69, 9.17) is 9.47 Å². The molecule has 0 spiro atoms. The minimum atomic E-state index is -0.359. The monoisotopic (exact) mass is 326 g/mol. The molecular weight excluding hydrogens is 308 g/mol. The van der Waals surface area contributed by atoms with Crippen LogP contribution in [0.3, 0.4) is 0 Å². The summed E-state index contributed by atoms with van der Waals surface area (Å²) in [6, 6.07) is 12.5. The number of H-pyrrole nitrogens is 1. The average molecular weight is 326 g/mol. The van der Waals surface area contributed by atoms with Gasteiger partial charge in [0.25, 0.3) is 0 Å². The molecular formula is C17H18N4O3. The van der Waals surface area contributed by atoms with Gasteiger partial charge in [0, 0.05) is 11.1 Å². The van der Waals surface area contributed by atoms with Crippen molar-refractivity contribution in [3.05, 3.63) is 48.7 Å². The van der Waals surface area contributed by atoms with E-state index in [-0.39, 0.29) is 12.8 Å². The SMILES string of the molecule is CCOc1ccccc1OCNC(=O)Nc1ccc2cn[nH]c2c1. The second kappa shape index (κ2) is 7.36. The molecule has 2 amide bonds. The third-order valence-corrected chi connectivity index (χ3v) is 3.31. The normalized spacial score (nSPS) is 10.4. The number of aromatic nitrogens is 2. The molecule has 0 radical (unpaired) electrons. The molecule has 3 N–H and O–H groups in total. The van der Waals surface area contributed by atoms with Crippen LogP contribution in [0.5, 0.6) is 11.5 Å². The molecule has 0 saturated heterocycles. The van der Waals surface area contributed by atoms with Crippen molar-refractivity contribution < 1.29 is 14.3 Å². The molecule has 0 aliphatic heterocycles. The highest BCUT2D eigenvalue weighted by molar-refractivity contribution is 5.92. The van der Waals surface area contributed by atoms with Crippen LogP contribution in [0, 0.1) is 0 Å². The lowest BCUT2D eigenvalue weighted by Gasteiger charge is -2.12. The predicted octanol–water partition coefficient (Wildman–Crippen LogP) is 3.12. The maximum Gasteiger partial charge on any atom is 0.321 e. The number of carbonyl (C=O) groups excluding carboxylic acids is 1. The summed E-state index contributed by atoms with van der Waals surface area (Å²) in [6.45, 7) is 2.48. The number of amides is 2. The molecule has 7 heteroatoms. The minimum Gasteiger partial charge on any atom is -0.490 e. The quantitative estimate of drug-likeness (QED) is 0.607. The number of hydrogen-bond acceptors (Lipinski definition) is 4. The Balaban J connectivity index is 1.52. The van der Waals surface area contributed by atoms with Crippen molar-refractivity contribution >= 4 is 22.6 Å². The Morgan fingerprint density at radius 2 is 1.96 bits per heavy atom. The minimum absolute atomic E-state index is 0.0300. The van der Waals surface area contributed by atoms with Crippen molar-refractivity contribution in [2.24, 2.45) is 0 Å². The van der Waals surface area contributed by atoms with Gasteiger partial charge in [0.1, 0.15) is 0 Å². The Morgan fingerprint density at radius 3 is 2.75 bits per heavy atom. The van der Waals surface area contributed by atoms with Crippen molar-refractivity contribution in [3.63, 3.8) is 0 Å². The highest BCUT2D eigenvalue weighted by Crippen LogP contribution is 2.25. The molecule has 0 bridgehead atoms. The van der Waals surface area contributed by atoms with E-state index in [1.165, 1.54) is 0 Å². The van der Waals surface area contributed by atoms with Gasteiger partial charge in [-0.3, -0.25) is 5.10 Å². The molecule has 0 saturated carbocycles. The van der Waals surface area contributed by atoms with Gasteiger partial charge in [0.15, 0.2) is 18.2 Å². The molecule has 0 fully saturated rings. The molecule has 3 aromatic rings. The molecule has 0 atom stereocenters. The summed E-state index contributed by atoms with van der Waals surface area (Å²) in [5.41, 5.74) is 1.52. The summed E-state index contributed by atoms with van der Waals surface area (Å²) in [6.07, 6.45) is 1.73. The van der Waals surface area contributed by atoms with E-state index in [1.54, 1.807) is 12.3 Å². The highest BCUT2D eigenvalue weighted by Gasteiger charge is 2.06. The van der Waals surface area contributed by atoms with Gasteiger partial charge in [-0.1, -0.05) is 12.1 Å². The first kappa shape index (κ1) is 15.7. The fourth-order valence-corrected chi connectivity index (χ4v) is 2.21. The molecule has 124 valence electrons. The first-order valence-corrected chi connectivity index (χ1v) is 7.59. The Morgan fingerprint density at radius 1 is 1.17 bits per heavy atom. The van der Waals surface area contributed by atoms with Crippen molar-refractivity contribution in [2.75, 3.05) is 18.7 Å². The molecule has 0 unspecified atom stereocenters. The third kappa shape index (κ3) is 3.75. The molecule has 2 aromatic carbocycles. The Bertz CT molecular complexity index is 831. The van der Waals surface area contributed by atoms with Gasteiger partial charge in [-0.05, 0) is 37.3 Å². The van der Waals surface area contributed by atoms with Gasteiger partial charge in [-0.2, -0.15) is 5.10 Å². The Labute approximate surface area is 139 Å². The molecule has 3 rings (SSSR count). The van der Waals surface area contributed by atoms with Crippen LogP contribution in [0.1, 0.15) is 6.92 Å². The fraction of sp³-hybridized carbons (Fsp3) is 0.176. The van der Waals surface area contributed by atoms with E-state index < -0.39 is 0 Å². The first-order chi connectivity index (χ1) is 11.8. The fourth-order valence-electron chi connectivity index (χ4n) is 2.21. The third-order valence-electron chi connectivity index (χ3n) is 3.31. The largest absolute Gasteiger partial charge is 0.490 e. The smallest absolute Gasteiger partial charge is 0.321 e. The summed E-state index contributed by atoms with van der Waals surface area (Å²) in [5, 5.41) is 13.2. The first-order valence-electron chi connectivity index (χ1n) is 7.59. The Kier molecular flexibility index (Phi) is 4.81. The number of carbonyl (C=O) groups is 1. The lowest BCUT2D eigenvalue weighted by atomic mass is 10.2. The maximum absolute atomic E-state index is 11.9. The van der Waals surface area contributed by atoms with Crippen molar-refractivity contribution in [3.8, 4) is 11.5 Å². The van der Waals surface area contributed by atoms with Crippen molar-refractivity contribution in [2.45, 2.75) is 6.92 Å². The van der Waals surface area contributed by atoms with Gasteiger partial charge >= 0.3 is 6.03 Å². The number of rotatable bonds is 6. The van der Waals surface area contributed by atoms with Crippen LogP contribution in [0.4, 0.5) is 10.5 Å². The number of nitrogens with zero attached hydrogens (tertiary/aromatic N) is 1. The molecule has 1 aromatic heterocycles. The van der Waals surface area contributed by atoms with Gasteiger partial charge < -0.3 is 20.1 Å².